The van der Waals surface area contributed by atoms with Crippen molar-refractivity contribution in [3.63, 3.8) is 0 Å². The van der Waals surface area contributed by atoms with E-state index in [1.807, 2.05) is 20.8 Å². The van der Waals surface area contributed by atoms with Crippen molar-refractivity contribution >= 4 is 40.0 Å². The topological polar surface area (TPSA) is 38.2 Å². The molecule has 1 saturated heterocycles. The van der Waals surface area contributed by atoms with Crippen molar-refractivity contribution in [1.82, 2.24) is 9.97 Å². The van der Waals surface area contributed by atoms with Crippen LogP contribution in [0.5, 0.6) is 0 Å². The lowest BCUT2D eigenvalue weighted by Crippen LogP contribution is -2.36. The van der Waals surface area contributed by atoms with Crippen molar-refractivity contribution in [2.24, 2.45) is 0 Å². The van der Waals surface area contributed by atoms with E-state index in [4.69, 9.17) is 4.74 Å². The number of thiophene rings is 1. The molecule has 1 aliphatic heterocycles. The number of hydrogen-bond donors (Lipinski definition) is 1. The largest absolute Gasteiger partial charge is 0.378 e. The van der Waals surface area contributed by atoms with Gasteiger partial charge in [-0.15, -0.1) is 11.3 Å². The van der Waals surface area contributed by atoms with Crippen LogP contribution in [0.25, 0.3) is 10.2 Å². The van der Waals surface area contributed by atoms with Gasteiger partial charge in [0.25, 0.3) is 0 Å². The highest BCUT2D eigenvalue weighted by Crippen LogP contribution is 2.29. The summed E-state index contributed by atoms with van der Waals surface area (Å²) < 4.78 is 6.55. The Morgan fingerprint density at radius 3 is 2.50 bits per heavy atom. The van der Waals surface area contributed by atoms with Gasteiger partial charge < -0.3 is 9.64 Å². The van der Waals surface area contributed by atoms with Gasteiger partial charge in [0, 0.05) is 13.1 Å². The first kappa shape index (κ1) is 17.2. The molecule has 2 aromatic rings. The Morgan fingerprint density at radius 1 is 1.20 bits per heavy atom. The SMILES string of the molecule is CC.CS.Cc1nc(N2CCOCC2)c2sccc2n1. The van der Waals surface area contributed by atoms with Crippen molar-refractivity contribution in [1.29, 1.82) is 0 Å². The van der Waals surface area contributed by atoms with E-state index in [-0.39, 0.29) is 0 Å². The van der Waals surface area contributed by atoms with Gasteiger partial charge in [-0.2, -0.15) is 12.6 Å². The second-order valence-corrected chi connectivity index (χ2v) is 4.74. The Labute approximate surface area is 130 Å². The second-order valence-electron chi connectivity index (χ2n) is 3.83. The average Bonchev–Trinajstić information content (AvgIpc) is 2.99. The van der Waals surface area contributed by atoms with Crippen molar-refractivity contribution in [2.45, 2.75) is 20.8 Å². The van der Waals surface area contributed by atoms with E-state index < -0.39 is 0 Å². The van der Waals surface area contributed by atoms with E-state index in [9.17, 15) is 0 Å². The van der Waals surface area contributed by atoms with Crippen molar-refractivity contribution in [2.75, 3.05) is 37.5 Å². The Balaban J connectivity index is 0.000000461. The summed E-state index contributed by atoms with van der Waals surface area (Å²) in [7, 11) is 0. The molecule has 0 amide bonds. The van der Waals surface area contributed by atoms with E-state index in [0.29, 0.717) is 0 Å². The normalized spacial score (nSPS) is 14.2. The molecule has 20 heavy (non-hydrogen) atoms. The average molecular weight is 313 g/mol. The highest BCUT2D eigenvalue weighted by atomic mass is 32.1. The maximum atomic E-state index is 5.36. The molecule has 2 aromatic heterocycles. The van der Waals surface area contributed by atoms with E-state index in [1.54, 1.807) is 17.6 Å². The molecule has 4 nitrogen and oxygen atoms in total. The number of morpholine rings is 1. The lowest BCUT2D eigenvalue weighted by molar-refractivity contribution is 0.122. The number of aromatic nitrogens is 2. The molecule has 3 rings (SSSR count). The fourth-order valence-corrected chi connectivity index (χ4v) is 2.80. The molecule has 6 heteroatoms. The molecule has 1 fully saturated rings. The quantitative estimate of drug-likeness (QED) is 0.819. The minimum absolute atomic E-state index is 0.788. The van der Waals surface area contributed by atoms with Crippen LogP contribution in [0, 0.1) is 6.92 Å². The van der Waals surface area contributed by atoms with Crippen LogP contribution in [0.15, 0.2) is 11.4 Å². The van der Waals surface area contributed by atoms with Gasteiger partial charge in [0.05, 0.1) is 23.4 Å². The monoisotopic (exact) mass is 313 g/mol. The van der Waals surface area contributed by atoms with Gasteiger partial charge in [-0.1, -0.05) is 13.8 Å². The van der Waals surface area contributed by atoms with Gasteiger partial charge in [-0.3, -0.25) is 0 Å². The van der Waals surface area contributed by atoms with Gasteiger partial charge in [0.2, 0.25) is 0 Å². The Hall–Kier alpha value is -0.850. The standard InChI is InChI=1S/C11H13N3OS.C2H6.CH4S/c1-8-12-9-2-7-16-10(9)11(13-8)14-3-5-15-6-4-14;2*1-2/h2,7H,3-6H2,1H3;1-2H3;2H,1H3. The van der Waals surface area contributed by atoms with Crippen LogP contribution in [0.4, 0.5) is 5.82 Å². The van der Waals surface area contributed by atoms with E-state index in [0.717, 1.165) is 43.5 Å². The van der Waals surface area contributed by atoms with Crippen LogP contribution < -0.4 is 4.90 Å². The van der Waals surface area contributed by atoms with Crippen molar-refractivity contribution < 1.29 is 4.74 Å². The zero-order chi connectivity index (χ0) is 15.0. The van der Waals surface area contributed by atoms with Crippen molar-refractivity contribution in [3.05, 3.63) is 17.3 Å². The van der Waals surface area contributed by atoms with Gasteiger partial charge in [-0.25, -0.2) is 9.97 Å². The summed E-state index contributed by atoms with van der Waals surface area (Å²) in [6.07, 6.45) is 1.69. The number of thiol groups is 1. The maximum Gasteiger partial charge on any atom is 0.150 e. The number of ether oxygens (including phenoxy) is 1. The zero-order valence-corrected chi connectivity index (χ0v) is 14.3. The summed E-state index contributed by atoms with van der Waals surface area (Å²) >= 11 is 5.24. The van der Waals surface area contributed by atoms with Crippen LogP contribution in [0.2, 0.25) is 0 Å². The maximum absolute atomic E-state index is 5.36. The highest BCUT2D eigenvalue weighted by Gasteiger charge is 2.16. The van der Waals surface area contributed by atoms with Gasteiger partial charge >= 0.3 is 0 Å². The predicted molar refractivity (Wildman–Crippen MR) is 91.4 cm³/mol. The van der Waals surface area contributed by atoms with Gasteiger partial charge in [-0.05, 0) is 24.6 Å². The first-order valence-corrected chi connectivity index (χ1v) is 8.61. The first-order valence-electron chi connectivity index (χ1n) is 6.84. The third-order valence-corrected chi connectivity index (χ3v) is 3.61. The molecule has 0 unspecified atom stereocenters. The Morgan fingerprint density at radius 2 is 1.85 bits per heavy atom. The van der Waals surface area contributed by atoms with Crippen LogP contribution in [0.1, 0.15) is 19.7 Å². The number of aryl methyl sites for hydroxylation is 1. The van der Waals surface area contributed by atoms with Crippen LogP contribution in [0.3, 0.4) is 0 Å². The Bertz CT molecular complexity index is 510. The van der Waals surface area contributed by atoms with Crippen molar-refractivity contribution in [3.8, 4) is 0 Å². The molecule has 0 bridgehead atoms. The third-order valence-electron chi connectivity index (χ3n) is 2.71. The number of fused-ring (bicyclic) bond motifs is 1. The summed E-state index contributed by atoms with van der Waals surface area (Å²) in [5, 5.41) is 2.07. The van der Waals surface area contributed by atoms with E-state index in [1.165, 1.54) is 4.70 Å². The van der Waals surface area contributed by atoms with Gasteiger partial charge in [0.15, 0.2) is 5.82 Å². The van der Waals surface area contributed by atoms with E-state index >= 15 is 0 Å². The second kappa shape index (κ2) is 9.15. The molecular formula is C14H23N3OS2. The lowest BCUT2D eigenvalue weighted by Gasteiger charge is -2.28. The number of nitrogens with zero attached hydrogens (tertiary/aromatic N) is 3. The molecule has 1 aliphatic rings. The number of rotatable bonds is 1. The number of anilines is 1. The minimum atomic E-state index is 0.788. The molecule has 3 heterocycles. The van der Waals surface area contributed by atoms with Crippen LogP contribution >= 0.6 is 24.0 Å². The molecule has 0 aromatic carbocycles. The Kier molecular flexibility index (Phi) is 7.87. The smallest absolute Gasteiger partial charge is 0.150 e. The molecule has 0 aliphatic carbocycles. The molecule has 112 valence electrons. The molecule has 0 spiro atoms. The molecular weight excluding hydrogens is 290 g/mol. The third kappa shape index (κ3) is 4.07. The summed E-state index contributed by atoms with van der Waals surface area (Å²) in [6.45, 7) is 9.36. The fourth-order valence-electron chi connectivity index (χ4n) is 1.95. The molecule has 0 N–H and O–H groups in total. The summed E-state index contributed by atoms with van der Waals surface area (Å²) in [6, 6.07) is 2.05. The minimum Gasteiger partial charge on any atom is -0.378 e. The van der Waals surface area contributed by atoms with Gasteiger partial charge in [0.1, 0.15) is 5.82 Å². The van der Waals surface area contributed by atoms with Crippen LogP contribution in [-0.4, -0.2) is 42.5 Å². The first-order chi connectivity index (χ1) is 9.84. The predicted octanol–water partition coefficient (Wildman–Crippen LogP) is 3.41. The summed E-state index contributed by atoms with van der Waals surface area (Å²) in [5.74, 6) is 1.91. The molecule has 0 radical (unpaired) electrons. The van der Waals surface area contributed by atoms with Crippen LogP contribution in [-0.2, 0) is 4.74 Å². The number of hydrogen-bond acceptors (Lipinski definition) is 6. The molecule has 0 saturated carbocycles. The summed E-state index contributed by atoms with van der Waals surface area (Å²) in [5.41, 5.74) is 1.05. The zero-order valence-electron chi connectivity index (χ0n) is 12.6. The lowest BCUT2D eigenvalue weighted by atomic mass is 10.3. The highest BCUT2D eigenvalue weighted by molar-refractivity contribution is 7.79. The molecule has 0 atom stereocenters. The summed E-state index contributed by atoms with van der Waals surface area (Å²) in [4.78, 5) is 11.3. The fraction of sp³-hybridized carbons (Fsp3) is 0.571. The van der Waals surface area contributed by atoms with E-state index in [2.05, 4.69) is 38.9 Å².